The second-order valence-electron chi connectivity index (χ2n) is 5.28. The minimum absolute atomic E-state index is 0.200. The molecule has 6 heteroatoms. The molecule has 2 aromatic rings. The van der Waals surface area contributed by atoms with Gasteiger partial charge in [-0.25, -0.2) is 4.68 Å². The summed E-state index contributed by atoms with van der Waals surface area (Å²) in [7, 11) is 0. The van der Waals surface area contributed by atoms with Crippen molar-refractivity contribution in [2.24, 2.45) is 0 Å². The van der Waals surface area contributed by atoms with Gasteiger partial charge in [-0.3, -0.25) is 4.79 Å². The topological polar surface area (TPSA) is 65.4 Å². The van der Waals surface area contributed by atoms with E-state index in [1.165, 1.54) is 0 Å². The lowest BCUT2D eigenvalue weighted by atomic mass is 10.2. The van der Waals surface area contributed by atoms with Gasteiger partial charge in [0.1, 0.15) is 0 Å². The Morgan fingerprint density at radius 3 is 2.82 bits per heavy atom. The van der Waals surface area contributed by atoms with Crippen molar-refractivity contribution in [1.82, 2.24) is 9.78 Å². The van der Waals surface area contributed by atoms with Crippen LogP contribution >= 0.6 is 0 Å². The molecule has 1 aliphatic heterocycles. The van der Waals surface area contributed by atoms with Gasteiger partial charge in [0.25, 0.3) is 5.91 Å². The first-order valence-electron chi connectivity index (χ1n) is 7.28. The number of nitrogens with one attached hydrogen (secondary N) is 1. The van der Waals surface area contributed by atoms with Crippen molar-refractivity contribution < 1.29 is 14.3 Å². The van der Waals surface area contributed by atoms with Gasteiger partial charge in [0.2, 0.25) is 0 Å². The summed E-state index contributed by atoms with van der Waals surface area (Å²) in [6.07, 6.45) is -0.567. The summed E-state index contributed by atoms with van der Waals surface area (Å²) in [5.74, 6) is -0.200. The van der Waals surface area contributed by atoms with E-state index in [4.69, 9.17) is 9.47 Å². The number of benzene rings is 1. The number of aromatic nitrogens is 2. The highest BCUT2D eigenvalue weighted by Crippen LogP contribution is 2.22. The lowest BCUT2D eigenvalue weighted by molar-refractivity contribution is -0.142. The molecule has 1 N–H and O–H groups in total. The largest absolute Gasteiger partial charge is 0.376 e. The quantitative estimate of drug-likeness (QED) is 0.939. The van der Waals surface area contributed by atoms with Crippen molar-refractivity contribution in [1.29, 1.82) is 0 Å². The third kappa shape index (κ3) is 3.03. The van der Waals surface area contributed by atoms with Crippen LogP contribution in [0.25, 0.3) is 5.69 Å². The van der Waals surface area contributed by atoms with E-state index in [-0.39, 0.29) is 12.5 Å². The number of nitrogens with zero attached hydrogens (tertiary/aromatic N) is 2. The molecule has 1 saturated heterocycles. The van der Waals surface area contributed by atoms with E-state index in [1.54, 1.807) is 0 Å². The third-order valence-corrected chi connectivity index (χ3v) is 3.51. The number of hydrogen-bond acceptors (Lipinski definition) is 4. The number of carbonyl (C=O) groups is 1. The molecule has 22 heavy (non-hydrogen) atoms. The Hall–Kier alpha value is -2.18. The molecular formula is C16H19N3O3. The van der Waals surface area contributed by atoms with Crippen molar-refractivity contribution in [3.63, 3.8) is 0 Å². The summed E-state index contributed by atoms with van der Waals surface area (Å²) in [5, 5.41) is 7.38. The zero-order valence-electron chi connectivity index (χ0n) is 12.7. The van der Waals surface area contributed by atoms with Crippen LogP contribution in [0.1, 0.15) is 11.4 Å². The van der Waals surface area contributed by atoms with Crippen LogP contribution in [0.3, 0.4) is 0 Å². The van der Waals surface area contributed by atoms with Gasteiger partial charge in [-0.1, -0.05) is 12.1 Å². The normalized spacial score (nSPS) is 18.2. The first-order valence-corrected chi connectivity index (χ1v) is 7.28. The van der Waals surface area contributed by atoms with E-state index in [0.717, 1.165) is 17.1 Å². The predicted octanol–water partition coefficient (Wildman–Crippen LogP) is 1.84. The highest BCUT2D eigenvalue weighted by Gasteiger charge is 2.23. The fourth-order valence-electron chi connectivity index (χ4n) is 2.49. The average molecular weight is 301 g/mol. The minimum Gasteiger partial charge on any atom is -0.376 e. The van der Waals surface area contributed by atoms with E-state index in [9.17, 15) is 4.79 Å². The van der Waals surface area contributed by atoms with Crippen LogP contribution < -0.4 is 5.32 Å². The predicted molar refractivity (Wildman–Crippen MR) is 82.2 cm³/mol. The number of carbonyl (C=O) groups excluding carboxylic acids is 1. The van der Waals surface area contributed by atoms with Crippen molar-refractivity contribution >= 4 is 11.6 Å². The van der Waals surface area contributed by atoms with Crippen molar-refractivity contribution in [3.05, 3.63) is 41.7 Å². The average Bonchev–Trinajstić information content (AvgIpc) is 2.87. The molecule has 0 spiro atoms. The lowest BCUT2D eigenvalue weighted by Gasteiger charge is -2.22. The molecule has 3 rings (SSSR count). The Bertz CT molecular complexity index is 675. The van der Waals surface area contributed by atoms with Crippen LogP contribution in [0, 0.1) is 13.8 Å². The molecule has 1 aromatic carbocycles. The Labute approximate surface area is 129 Å². The molecule has 1 fully saturated rings. The first-order chi connectivity index (χ1) is 10.6. The van der Waals surface area contributed by atoms with Crippen molar-refractivity contribution in [2.45, 2.75) is 20.0 Å². The maximum Gasteiger partial charge on any atom is 0.255 e. The summed E-state index contributed by atoms with van der Waals surface area (Å²) in [5.41, 5.74) is 3.48. The number of amides is 1. The van der Waals surface area contributed by atoms with E-state index in [0.29, 0.717) is 18.9 Å². The zero-order chi connectivity index (χ0) is 15.5. The fourth-order valence-corrected chi connectivity index (χ4v) is 2.49. The van der Waals surface area contributed by atoms with E-state index < -0.39 is 6.10 Å². The van der Waals surface area contributed by atoms with Gasteiger partial charge in [-0.05, 0) is 32.0 Å². The number of anilines is 1. The molecule has 0 bridgehead atoms. The maximum absolute atomic E-state index is 12.3. The van der Waals surface area contributed by atoms with Crippen LogP contribution in [0.15, 0.2) is 30.3 Å². The van der Waals surface area contributed by atoms with Crippen LogP contribution in [0.4, 0.5) is 5.69 Å². The minimum atomic E-state index is -0.567. The number of para-hydroxylation sites is 2. The van der Waals surface area contributed by atoms with Crippen LogP contribution in [-0.2, 0) is 14.3 Å². The maximum atomic E-state index is 12.3. The second-order valence-corrected chi connectivity index (χ2v) is 5.28. The summed E-state index contributed by atoms with van der Waals surface area (Å²) in [6, 6.07) is 9.57. The molecule has 0 saturated carbocycles. The van der Waals surface area contributed by atoms with Crippen LogP contribution in [0.5, 0.6) is 0 Å². The van der Waals surface area contributed by atoms with E-state index >= 15 is 0 Å². The fraction of sp³-hybridized carbons (Fsp3) is 0.375. The van der Waals surface area contributed by atoms with E-state index in [2.05, 4.69) is 10.4 Å². The third-order valence-electron chi connectivity index (χ3n) is 3.51. The molecule has 1 atom stereocenters. The summed E-state index contributed by atoms with van der Waals surface area (Å²) >= 11 is 0. The van der Waals surface area contributed by atoms with Crippen LogP contribution in [-0.4, -0.2) is 41.6 Å². The molecule has 1 aliphatic rings. The highest BCUT2D eigenvalue weighted by atomic mass is 16.6. The van der Waals surface area contributed by atoms with Gasteiger partial charge in [0, 0.05) is 5.69 Å². The lowest BCUT2D eigenvalue weighted by Crippen LogP contribution is -2.39. The standard InChI is InChI=1S/C16H19N3O3/c1-11-9-12(2)19(18-11)14-6-4-3-5-13(14)17-16(20)15-10-21-7-8-22-15/h3-6,9,15H,7-8,10H2,1-2H3,(H,17,20). The molecule has 2 heterocycles. The zero-order valence-corrected chi connectivity index (χ0v) is 12.7. The summed E-state index contributed by atoms with van der Waals surface area (Å²) in [4.78, 5) is 12.3. The van der Waals surface area contributed by atoms with Gasteiger partial charge in [0.15, 0.2) is 6.10 Å². The number of aryl methyl sites for hydroxylation is 2. The smallest absolute Gasteiger partial charge is 0.255 e. The molecular weight excluding hydrogens is 282 g/mol. The van der Waals surface area contributed by atoms with Gasteiger partial charge >= 0.3 is 0 Å². The number of rotatable bonds is 3. The van der Waals surface area contributed by atoms with Crippen molar-refractivity contribution in [3.8, 4) is 5.69 Å². The first kappa shape index (κ1) is 14.7. The Morgan fingerprint density at radius 2 is 2.14 bits per heavy atom. The Kier molecular flexibility index (Phi) is 4.22. The Balaban J connectivity index is 1.85. The second kappa shape index (κ2) is 6.29. The molecule has 0 aliphatic carbocycles. The van der Waals surface area contributed by atoms with Gasteiger partial charge in [-0.15, -0.1) is 0 Å². The Morgan fingerprint density at radius 1 is 1.32 bits per heavy atom. The van der Waals surface area contributed by atoms with Crippen LogP contribution in [0.2, 0.25) is 0 Å². The molecule has 1 unspecified atom stereocenters. The molecule has 116 valence electrons. The molecule has 6 nitrogen and oxygen atoms in total. The highest BCUT2D eigenvalue weighted by molar-refractivity contribution is 5.96. The monoisotopic (exact) mass is 301 g/mol. The molecule has 1 aromatic heterocycles. The number of ether oxygens (including phenoxy) is 2. The van der Waals surface area contributed by atoms with Crippen molar-refractivity contribution in [2.75, 3.05) is 25.1 Å². The van der Waals surface area contributed by atoms with Gasteiger partial charge < -0.3 is 14.8 Å². The number of hydrogen-bond donors (Lipinski definition) is 1. The SMILES string of the molecule is Cc1cc(C)n(-c2ccccc2NC(=O)C2COCCO2)n1. The molecule has 1 amide bonds. The summed E-state index contributed by atoms with van der Waals surface area (Å²) in [6.45, 7) is 5.19. The van der Waals surface area contributed by atoms with Gasteiger partial charge in [-0.2, -0.15) is 5.10 Å². The van der Waals surface area contributed by atoms with E-state index in [1.807, 2.05) is 48.9 Å². The molecule has 0 radical (unpaired) electrons. The summed E-state index contributed by atoms with van der Waals surface area (Å²) < 4.78 is 12.5. The van der Waals surface area contributed by atoms with Gasteiger partial charge in [0.05, 0.1) is 36.9 Å².